The first-order valence-corrected chi connectivity index (χ1v) is 9.31. The summed E-state index contributed by atoms with van der Waals surface area (Å²) in [4.78, 5) is 8.87. The Kier molecular flexibility index (Phi) is 5.75. The van der Waals surface area contributed by atoms with Gasteiger partial charge in [-0.1, -0.05) is 26.0 Å². The summed E-state index contributed by atoms with van der Waals surface area (Å²) in [5.74, 6) is 2.76. The molecule has 1 aromatic carbocycles. The van der Waals surface area contributed by atoms with Crippen molar-refractivity contribution in [1.82, 2.24) is 15.6 Å². The molecule has 7 heteroatoms. The van der Waals surface area contributed by atoms with Gasteiger partial charge in [0.2, 0.25) is 0 Å². The van der Waals surface area contributed by atoms with E-state index >= 15 is 0 Å². The summed E-state index contributed by atoms with van der Waals surface area (Å²) in [5, 5.41) is 9.73. The molecule has 0 amide bonds. The number of thiazole rings is 1. The second-order valence-corrected chi connectivity index (χ2v) is 7.07. The van der Waals surface area contributed by atoms with Crippen molar-refractivity contribution in [2.75, 3.05) is 20.2 Å². The summed E-state index contributed by atoms with van der Waals surface area (Å²) in [6.45, 7) is 6.09. The van der Waals surface area contributed by atoms with E-state index in [0.29, 0.717) is 25.6 Å². The number of ether oxygens (including phenoxy) is 2. The highest BCUT2D eigenvalue weighted by Crippen LogP contribution is 2.30. The Morgan fingerprint density at radius 2 is 2.12 bits per heavy atom. The zero-order chi connectivity index (χ0) is 17.6. The minimum atomic E-state index is -0.0548. The Labute approximate surface area is 152 Å². The number of benzene rings is 1. The van der Waals surface area contributed by atoms with E-state index in [0.717, 1.165) is 28.2 Å². The summed E-state index contributed by atoms with van der Waals surface area (Å²) >= 11 is 1.67. The molecular formula is C18H24N4O2S. The molecule has 3 rings (SSSR count). The van der Waals surface area contributed by atoms with Gasteiger partial charge in [0.05, 0.1) is 18.8 Å². The summed E-state index contributed by atoms with van der Waals surface area (Å²) in [6.07, 6.45) is -0.0548. The van der Waals surface area contributed by atoms with Gasteiger partial charge in [-0.15, -0.1) is 11.3 Å². The molecule has 6 nitrogen and oxygen atoms in total. The monoisotopic (exact) mass is 360 g/mol. The van der Waals surface area contributed by atoms with Gasteiger partial charge in [-0.25, -0.2) is 4.98 Å². The van der Waals surface area contributed by atoms with E-state index < -0.39 is 0 Å². The van der Waals surface area contributed by atoms with Crippen molar-refractivity contribution < 1.29 is 9.47 Å². The predicted octanol–water partition coefficient (Wildman–Crippen LogP) is 2.77. The molecule has 0 bridgehead atoms. The maximum Gasteiger partial charge on any atom is 0.191 e. The number of nitrogens with one attached hydrogen (secondary N) is 2. The largest absolute Gasteiger partial charge is 0.486 e. The predicted molar refractivity (Wildman–Crippen MR) is 101 cm³/mol. The number of guanidine groups is 1. The first-order chi connectivity index (χ1) is 12.2. The summed E-state index contributed by atoms with van der Waals surface area (Å²) in [5.41, 5.74) is 1.14. The molecule has 0 saturated heterocycles. The molecule has 0 radical (unpaired) electrons. The van der Waals surface area contributed by atoms with E-state index in [-0.39, 0.29) is 6.10 Å². The van der Waals surface area contributed by atoms with Crippen molar-refractivity contribution in [3.8, 4) is 11.5 Å². The lowest BCUT2D eigenvalue weighted by molar-refractivity contribution is 0.0936. The molecule has 1 aliphatic rings. The first kappa shape index (κ1) is 17.5. The topological polar surface area (TPSA) is 67.8 Å². The minimum absolute atomic E-state index is 0.0548. The summed E-state index contributed by atoms with van der Waals surface area (Å²) in [7, 11) is 1.75. The average molecular weight is 360 g/mol. The van der Waals surface area contributed by atoms with Gasteiger partial charge in [-0.05, 0) is 18.1 Å². The first-order valence-electron chi connectivity index (χ1n) is 8.43. The van der Waals surface area contributed by atoms with Crippen LogP contribution in [0.3, 0.4) is 0 Å². The van der Waals surface area contributed by atoms with E-state index in [1.807, 2.05) is 24.3 Å². The van der Waals surface area contributed by atoms with Crippen LogP contribution in [-0.4, -0.2) is 37.2 Å². The fraction of sp³-hybridized carbons (Fsp3) is 0.444. The molecule has 25 heavy (non-hydrogen) atoms. The number of nitrogens with zero attached hydrogens (tertiary/aromatic N) is 2. The molecule has 2 heterocycles. The van der Waals surface area contributed by atoms with Crippen LogP contribution >= 0.6 is 11.3 Å². The van der Waals surface area contributed by atoms with E-state index in [9.17, 15) is 0 Å². The highest BCUT2D eigenvalue weighted by Gasteiger charge is 2.20. The normalized spacial score (nSPS) is 16.8. The number of rotatable bonds is 5. The average Bonchev–Trinajstić information content (AvgIpc) is 3.11. The highest BCUT2D eigenvalue weighted by atomic mass is 32.1. The van der Waals surface area contributed by atoms with Crippen molar-refractivity contribution >= 4 is 17.3 Å². The number of para-hydroxylation sites is 2. The maximum absolute atomic E-state index is 5.94. The van der Waals surface area contributed by atoms with E-state index in [2.05, 4.69) is 39.8 Å². The van der Waals surface area contributed by atoms with Crippen LogP contribution < -0.4 is 20.1 Å². The van der Waals surface area contributed by atoms with Crippen molar-refractivity contribution in [2.45, 2.75) is 32.4 Å². The molecule has 0 spiro atoms. The molecule has 134 valence electrons. The molecule has 0 aliphatic carbocycles. The van der Waals surface area contributed by atoms with Gasteiger partial charge in [-0.2, -0.15) is 0 Å². The van der Waals surface area contributed by atoms with Gasteiger partial charge < -0.3 is 20.1 Å². The van der Waals surface area contributed by atoms with Crippen LogP contribution in [0.4, 0.5) is 0 Å². The number of aromatic nitrogens is 1. The number of aliphatic imine (C=N–C) groups is 1. The Bertz CT molecular complexity index is 729. The van der Waals surface area contributed by atoms with Gasteiger partial charge in [0, 0.05) is 12.4 Å². The third-order valence-electron chi connectivity index (χ3n) is 3.86. The molecule has 1 atom stereocenters. The van der Waals surface area contributed by atoms with E-state index in [1.54, 1.807) is 18.4 Å². The maximum atomic E-state index is 5.94. The molecule has 1 unspecified atom stereocenters. The van der Waals surface area contributed by atoms with Crippen LogP contribution in [0.25, 0.3) is 0 Å². The molecule has 0 fully saturated rings. The quantitative estimate of drug-likeness (QED) is 0.634. The smallest absolute Gasteiger partial charge is 0.191 e. The van der Waals surface area contributed by atoms with Crippen LogP contribution in [-0.2, 0) is 6.54 Å². The van der Waals surface area contributed by atoms with Gasteiger partial charge in [0.25, 0.3) is 0 Å². The lowest BCUT2D eigenvalue weighted by Crippen LogP contribution is -2.45. The lowest BCUT2D eigenvalue weighted by atomic mass is 10.2. The lowest BCUT2D eigenvalue weighted by Gasteiger charge is -2.27. The van der Waals surface area contributed by atoms with Crippen LogP contribution in [0, 0.1) is 0 Å². The molecule has 1 aromatic heterocycles. The Balaban J connectivity index is 1.46. The van der Waals surface area contributed by atoms with Crippen molar-refractivity contribution in [1.29, 1.82) is 0 Å². The number of hydrogen-bond donors (Lipinski definition) is 2. The second kappa shape index (κ2) is 8.20. The van der Waals surface area contributed by atoms with Gasteiger partial charge >= 0.3 is 0 Å². The minimum Gasteiger partial charge on any atom is -0.486 e. The SMILES string of the molecule is CN=C(NCc1nc(C(C)C)cs1)NCC1COc2ccccc2O1. The number of fused-ring (bicyclic) bond motifs is 1. The highest BCUT2D eigenvalue weighted by molar-refractivity contribution is 7.09. The Morgan fingerprint density at radius 1 is 1.32 bits per heavy atom. The fourth-order valence-electron chi connectivity index (χ4n) is 2.43. The van der Waals surface area contributed by atoms with Crippen molar-refractivity contribution in [3.63, 3.8) is 0 Å². The molecule has 2 N–H and O–H groups in total. The third-order valence-corrected chi connectivity index (χ3v) is 4.72. The standard InChI is InChI=1S/C18H24N4O2S/c1-12(2)14-11-25-17(22-14)9-21-18(19-3)20-8-13-10-23-15-6-4-5-7-16(15)24-13/h4-7,11-13H,8-10H2,1-3H3,(H2,19,20,21). The zero-order valence-electron chi connectivity index (χ0n) is 14.8. The van der Waals surface area contributed by atoms with E-state index in [1.165, 1.54) is 0 Å². The fourth-order valence-corrected chi connectivity index (χ4v) is 3.32. The number of hydrogen-bond acceptors (Lipinski definition) is 5. The summed E-state index contributed by atoms with van der Waals surface area (Å²) in [6, 6.07) is 7.72. The molecular weight excluding hydrogens is 336 g/mol. The van der Waals surface area contributed by atoms with Gasteiger partial charge in [0.1, 0.15) is 17.7 Å². The molecule has 2 aromatic rings. The van der Waals surface area contributed by atoms with Crippen molar-refractivity contribution in [3.05, 3.63) is 40.3 Å². The Hall–Kier alpha value is -2.28. The molecule has 1 aliphatic heterocycles. The van der Waals surface area contributed by atoms with Crippen LogP contribution in [0.5, 0.6) is 11.5 Å². The zero-order valence-corrected chi connectivity index (χ0v) is 15.6. The summed E-state index contributed by atoms with van der Waals surface area (Å²) < 4.78 is 11.7. The molecule has 0 saturated carbocycles. The van der Waals surface area contributed by atoms with Crippen LogP contribution in [0.1, 0.15) is 30.5 Å². The van der Waals surface area contributed by atoms with Crippen LogP contribution in [0.15, 0.2) is 34.6 Å². The van der Waals surface area contributed by atoms with Gasteiger partial charge in [0.15, 0.2) is 17.5 Å². The van der Waals surface area contributed by atoms with Crippen LogP contribution in [0.2, 0.25) is 0 Å². The Morgan fingerprint density at radius 3 is 2.84 bits per heavy atom. The van der Waals surface area contributed by atoms with E-state index in [4.69, 9.17) is 9.47 Å². The van der Waals surface area contributed by atoms with Gasteiger partial charge in [-0.3, -0.25) is 4.99 Å². The second-order valence-electron chi connectivity index (χ2n) is 6.13. The van der Waals surface area contributed by atoms with Crippen molar-refractivity contribution in [2.24, 2.45) is 4.99 Å². The third kappa shape index (κ3) is 4.63.